The van der Waals surface area contributed by atoms with E-state index in [2.05, 4.69) is 63.9 Å². The Kier molecular flexibility index (Phi) is 5.68. The topological polar surface area (TPSA) is 46.3 Å². The van der Waals surface area contributed by atoms with Crippen LogP contribution in [-0.4, -0.2) is 44.4 Å². The van der Waals surface area contributed by atoms with Gasteiger partial charge in [-0.05, 0) is 67.4 Å². The van der Waals surface area contributed by atoms with Gasteiger partial charge in [0.05, 0.1) is 17.1 Å². The zero-order valence-electron chi connectivity index (χ0n) is 19.8. The molecule has 6 rings (SSSR count). The second-order valence-electron chi connectivity index (χ2n) is 9.03. The normalized spacial score (nSPS) is 14.6. The lowest BCUT2D eigenvalue weighted by molar-refractivity contribution is 0.355. The lowest BCUT2D eigenvalue weighted by atomic mass is 9.99. The number of hydrogen-bond acceptors (Lipinski definition) is 4. The molecule has 0 bridgehead atoms. The van der Waals surface area contributed by atoms with Gasteiger partial charge in [-0.3, -0.25) is 14.4 Å². The first-order valence-corrected chi connectivity index (χ1v) is 12.1. The predicted molar refractivity (Wildman–Crippen MR) is 142 cm³/mol. The molecule has 1 aliphatic rings. The van der Waals surface area contributed by atoms with E-state index >= 15 is 0 Å². The summed E-state index contributed by atoms with van der Waals surface area (Å²) in [5.74, 6) is 0. The van der Waals surface area contributed by atoms with Gasteiger partial charge in [0, 0.05) is 42.8 Å². The third kappa shape index (κ3) is 4.27. The smallest absolute Gasteiger partial charge is 0.138 e. The molecule has 0 amide bonds. The van der Waals surface area contributed by atoms with Crippen LogP contribution >= 0.6 is 0 Å². The maximum absolute atomic E-state index is 4.91. The van der Waals surface area contributed by atoms with E-state index in [9.17, 15) is 0 Å². The highest BCUT2D eigenvalue weighted by atomic mass is 15.1. The van der Waals surface area contributed by atoms with Crippen molar-refractivity contribution < 1.29 is 0 Å². The van der Waals surface area contributed by atoms with Crippen molar-refractivity contribution in [1.82, 2.24) is 24.3 Å². The number of benzene rings is 1. The van der Waals surface area contributed by atoms with Crippen LogP contribution < -0.4 is 0 Å². The molecule has 0 saturated heterocycles. The Hall–Kier alpha value is -4.09. The number of pyridine rings is 3. The molecule has 5 heterocycles. The Labute approximate surface area is 205 Å². The number of imidazole rings is 1. The lowest BCUT2D eigenvalue weighted by Crippen LogP contribution is -2.18. The van der Waals surface area contributed by atoms with Crippen molar-refractivity contribution in [3.05, 3.63) is 103 Å². The first-order valence-electron chi connectivity index (χ1n) is 12.1. The highest BCUT2D eigenvalue weighted by Crippen LogP contribution is 2.33. The third-order valence-electron chi connectivity index (χ3n) is 6.69. The second-order valence-corrected chi connectivity index (χ2v) is 9.03. The molecule has 4 aromatic heterocycles. The van der Waals surface area contributed by atoms with E-state index in [-0.39, 0.29) is 0 Å². The minimum atomic E-state index is 0.858. The van der Waals surface area contributed by atoms with Gasteiger partial charge in [0.1, 0.15) is 11.3 Å². The van der Waals surface area contributed by atoms with Crippen LogP contribution in [-0.2, 0) is 0 Å². The quantitative estimate of drug-likeness (QED) is 0.321. The molecule has 1 aromatic carbocycles. The van der Waals surface area contributed by atoms with Crippen molar-refractivity contribution in [3.63, 3.8) is 0 Å². The van der Waals surface area contributed by atoms with Gasteiger partial charge < -0.3 is 4.90 Å². The van der Waals surface area contributed by atoms with Crippen LogP contribution in [0.4, 0.5) is 0 Å². The van der Waals surface area contributed by atoms with Crippen molar-refractivity contribution in [3.8, 4) is 33.9 Å². The first-order chi connectivity index (χ1) is 17.3. The number of aromatic nitrogens is 4. The molecule has 0 atom stereocenters. The number of rotatable bonds is 4. The van der Waals surface area contributed by atoms with Crippen LogP contribution in [0.3, 0.4) is 0 Å². The van der Waals surface area contributed by atoms with Crippen LogP contribution in [0.2, 0.25) is 0 Å². The minimum absolute atomic E-state index is 0.858. The summed E-state index contributed by atoms with van der Waals surface area (Å²) in [6.45, 7) is 2.23. The fourth-order valence-electron chi connectivity index (χ4n) is 4.79. The van der Waals surface area contributed by atoms with Gasteiger partial charge in [-0.25, -0.2) is 4.98 Å². The predicted octanol–water partition coefficient (Wildman–Crippen LogP) is 6.23. The van der Waals surface area contributed by atoms with Gasteiger partial charge in [0.15, 0.2) is 0 Å². The fraction of sp³-hybridized carbons (Fsp3) is 0.167. The Bertz CT molecular complexity index is 1500. The van der Waals surface area contributed by atoms with Gasteiger partial charge in [-0.2, -0.15) is 0 Å². The molecule has 0 aliphatic carbocycles. The molecule has 0 saturated carbocycles. The van der Waals surface area contributed by atoms with Gasteiger partial charge in [-0.1, -0.05) is 42.5 Å². The van der Waals surface area contributed by atoms with Crippen molar-refractivity contribution in [2.45, 2.75) is 12.8 Å². The summed E-state index contributed by atoms with van der Waals surface area (Å²) < 4.78 is 2.13. The van der Waals surface area contributed by atoms with Crippen molar-refractivity contribution in [2.24, 2.45) is 0 Å². The molecule has 0 unspecified atom stereocenters. The maximum atomic E-state index is 4.91. The highest BCUT2D eigenvalue weighted by Gasteiger charge is 2.17. The van der Waals surface area contributed by atoms with Gasteiger partial charge >= 0.3 is 0 Å². The summed E-state index contributed by atoms with van der Waals surface area (Å²) in [5.41, 5.74) is 9.50. The van der Waals surface area contributed by atoms with Crippen molar-refractivity contribution >= 4 is 11.2 Å². The van der Waals surface area contributed by atoms with Crippen molar-refractivity contribution in [1.29, 1.82) is 0 Å². The third-order valence-corrected chi connectivity index (χ3v) is 6.69. The molecular weight excluding hydrogens is 430 g/mol. The molecule has 172 valence electrons. The molecule has 0 spiro atoms. The number of nitrogens with zero attached hydrogens (tertiary/aromatic N) is 5. The molecule has 5 nitrogen and oxygen atoms in total. The monoisotopic (exact) mass is 457 g/mol. The molecule has 1 aliphatic heterocycles. The first kappa shape index (κ1) is 21.4. The van der Waals surface area contributed by atoms with E-state index in [4.69, 9.17) is 9.97 Å². The summed E-state index contributed by atoms with van der Waals surface area (Å²) >= 11 is 0. The van der Waals surface area contributed by atoms with E-state index in [0.29, 0.717) is 0 Å². The molecular formula is C30H27N5. The lowest BCUT2D eigenvalue weighted by Gasteiger charge is -2.13. The summed E-state index contributed by atoms with van der Waals surface area (Å²) in [6, 6.07) is 25.0. The van der Waals surface area contributed by atoms with Crippen LogP contribution in [0.25, 0.3) is 45.1 Å². The maximum Gasteiger partial charge on any atom is 0.138 e. The highest BCUT2D eigenvalue weighted by molar-refractivity contribution is 5.82. The molecule has 35 heavy (non-hydrogen) atoms. The van der Waals surface area contributed by atoms with Crippen LogP contribution in [0, 0.1) is 0 Å². The average Bonchev–Trinajstić information content (AvgIpc) is 3.17. The molecule has 0 fully saturated rings. The average molecular weight is 458 g/mol. The molecule has 0 radical (unpaired) electrons. The van der Waals surface area contributed by atoms with Crippen LogP contribution in [0.1, 0.15) is 18.4 Å². The second kappa shape index (κ2) is 9.28. The Balaban J connectivity index is 1.39. The zero-order valence-corrected chi connectivity index (χ0v) is 19.8. The van der Waals surface area contributed by atoms with E-state index < -0.39 is 0 Å². The largest absolute Gasteiger partial charge is 0.306 e. The van der Waals surface area contributed by atoms with Crippen LogP contribution in [0.5, 0.6) is 0 Å². The van der Waals surface area contributed by atoms with Gasteiger partial charge in [0.25, 0.3) is 0 Å². The SMILES string of the molecule is CN1CCC=C(c2ccc(-c3cc(-c4c(-c5ccccn5)nc5ccccn45)ccn3)cc2)CC1. The Morgan fingerprint density at radius 1 is 0.743 bits per heavy atom. The number of fused-ring (bicyclic) bond motifs is 1. The van der Waals surface area contributed by atoms with E-state index in [0.717, 1.165) is 65.5 Å². The van der Waals surface area contributed by atoms with Gasteiger partial charge in [0.2, 0.25) is 0 Å². The molecule has 0 N–H and O–H groups in total. The Morgan fingerprint density at radius 3 is 2.43 bits per heavy atom. The summed E-state index contributed by atoms with van der Waals surface area (Å²) in [5, 5.41) is 0. The van der Waals surface area contributed by atoms with E-state index in [1.54, 1.807) is 0 Å². The molecule has 5 aromatic rings. The van der Waals surface area contributed by atoms with Crippen molar-refractivity contribution in [2.75, 3.05) is 20.1 Å². The minimum Gasteiger partial charge on any atom is -0.306 e. The molecule has 5 heteroatoms. The zero-order chi connectivity index (χ0) is 23.6. The fourth-order valence-corrected chi connectivity index (χ4v) is 4.79. The summed E-state index contributed by atoms with van der Waals surface area (Å²) in [6.07, 6.45) is 10.3. The number of hydrogen-bond donors (Lipinski definition) is 0. The standard InChI is InChI=1S/C30H27N5/c1-34-18-6-7-22(15-20-34)23-10-12-24(13-11-23)27-21-25(14-17-32-27)30-29(26-8-2-4-16-31-26)33-28-9-3-5-19-35(28)30/h2-5,7-14,16-17,19,21H,6,15,18,20H2,1H3. The summed E-state index contributed by atoms with van der Waals surface area (Å²) in [7, 11) is 2.20. The van der Waals surface area contributed by atoms with E-state index in [1.807, 2.05) is 54.9 Å². The Morgan fingerprint density at radius 2 is 1.57 bits per heavy atom. The van der Waals surface area contributed by atoms with Gasteiger partial charge in [-0.15, -0.1) is 0 Å². The van der Waals surface area contributed by atoms with Crippen LogP contribution in [0.15, 0.2) is 97.5 Å². The summed E-state index contributed by atoms with van der Waals surface area (Å²) in [4.78, 5) is 16.6. The van der Waals surface area contributed by atoms with E-state index in [1.165, 1.54) is 11.1 Å².